The lowest BCUT2D eigenvalue weighted by atomic mass is 10.1. The van der Waals surface area contributed by atoms with E-state index in [0.717, 1.165) is 13.0 Å². The molecule has 0 N–H and O–H groups in total. The average molecular weight is 393 g/mol. The Kier molecular flexibility index (Phi) is 7.42. The summed E-state index contributed by atoms with van der Waals surface area (Å²) >= 11 is 0. The number of hydrogen-bond donors (Lipinski definition) is 0. The molecule has 1 aromatic heterocycles. The van der Waals surface area contributed by atoms with Gasteiger partial charge in [0, 0.05) is 12.0 Å². The summed E-state index contributed by atoms with van der Waals surface area (Å²) in [6.07, 6.45) is 6.95. The monoisotopic (exact) mass is 392 g/mol. The van der Waals surface area contributed by atoms with Crippen molar-refractivity contribution in [2.24, 2.45) is 0 Å². The first kappa shape index (κ1) is 20.2. The number of hydrogen-bond acceptors (Lipinski definition) is 2. The molecule has 0 saturated carbocycles. The quantitative estimate of drug-likeness (QED) is 0.304. The van der Waals surface area contributed by atoms with Crippen LogP contribution in [0, 0.1) is 20.8 Å². The lowest BCUT2D eigenvalue weighted by Gasteiger charge is -2.07. The van der Waals surface area contributed by atoms with E-state index in [1.807, 2.05) is 6.20 Å². The first-order chi connectivity index (χ1) is 10.9. The number of carbonyl (C=O) groups excluding carboxylic acids is 1. The van der Waals surface area contributed by atoms with Crippen LogP contribution in [0.4, 0.5) is 0 Å². The minimum Gasteiger partial charge on any atom is -1.00 e. The van der Waals surface area contributed by atoms with E-state index in [0.29, 0.717) is 12.2 Å². The number of halogens is 1. The molecule has 1 heterocycles. The number of esters is 1. The van der Waals surface area contributed by atoms with Crippen molar-refractivity contribution >= 4 is 5.97 Å². The highest BCUT2D eigenvalue weighted by Crippen LogP contribution is 2.20. The number of ether oxygens (including phenoxy) is 1. The zero-order valence-corrected chi connectivity index (χ0v) is 16.4. The zero-order valence-electron chi connectivity index (χ0n) is 14.8. The third kappa shape index (κ3) is 5.06. The topological polar surface area (TPSA) is 35.1 Å². The van der Waals surface area contributed by atoms with Gasteiger partial charge in [0.1, 0.15) is 18.1 Å². The van der Waals surface area contributed by atoms with Gasteiger partial charge in [0.2, 0.25) is 6.33 Å². The molecule has 2 aromatic rings. The van der Waals surface area contributed by atoms with Crippen LogP contribution < -0.4 is 21.5 Å². The van der Waals surface area contributed by atoms with Gasteiger partial charge in [0.05, 0.1) is 13.2 Å². The summed E-state index contributed by atoms with van der Waals surface area (Å²) < 4.78 is 9.36. The van der Waals surface area contributed by atoms with Crippen molar-refractivity contribution in [3.05, 3.63) is 59.7 Å². The molecule has 0 radical (unpaired) electrons. The Morgan fingerprint density at radius 3 is 2.46 bits per heavy atom. The Morgan fingerprint density at radius 2 is 1.88 bits per heavy atom. The average Bonchev–Trinajstić information content (AvgIpc) is 2.90. The molecule has 130 valence electrons. The number of aromatic nitrogens is 2. The van der Waals surface area contributed by atoms with E-state index in [1.165, 1.54) is 22.4 Å². The molecule has 0 aliphatic carbocycles. The third-order valence-corrected chi connectivity index (χ3v) is 3.73. The molecule has 5 heteroatoms. The van der Waals surface area contributed by atoms with E-state index in [4.69, 9.17) is 4.74 Å². The van der Waals surface area contributed by atoms with Crippen molar-refractivity contribution in [3.8, 4) is 5.69 Å². The van der Waals surface area contributed by atoms with Crippen LogP contribution in [0.1, 0.15) is 30.0 Å². The van der Waals surface area contributed by atoms with Crippen LogP contribution in [0.15, 0.2) is 43.0 Å². The summed E-state index contributed by atoms with van der Waals surface area (Å²) in [6, 6.07) is 4.40. The predicted octanol–water partition coefficient (Wildman–Crippen LogP) is 0.203. The standard InChI is InChI=1S/C19H25N2O2.BrH/c1-14(2)19(22)23-10-6-7-20-8-9-21(13-20)18-16(4)11-15(3)12-17(18)5;/h8-9,11-13H,1,6-7,10H2,2-5H3;1H/q+1;/p-1. The number of imidazole rings is 1. The summed E-state index contributed by atoms with van der Waals surface area (Å²) in [5.74, 6) is -0.321. The van der Waals surface area contributed by atoms with Crippen LogP contribution in [0.2, 0.25) is 0 Å². The first-order valence-electron chi connectivity index (χ1n) is 7.86. The normalized spacial score (nSPS) is 10.2. The predicted molar refractivity (Wildman–Crippen MR) is 90.6 cm³/mol. The molecule has 0 bridgehead atoms. The number of aryl methyl sites for hydroxylation is 4. The molecule has 0 unspecified atom stereocenters. The Labute approximate surface area is 154 Å². The minimum absolute atomic E-state index is 0. The lowest BCUT2D eigenvalue weighted by molar-refractivity contribution is -0.696. The SMILES string of the molecule is C=C(C)C(=O)OCCC[n+]1ccn(-c2c(C)cc(C)cc2C)c1.[Br-]. The van der Waals surface area contributed by atoms with Crippen molar-refractivity contribution < 1.29 is 31.1 Å². The van der Waals surface area contributed by atoms with Crippen LogP contribution in [0.5, 0.6) is 0 Å². The van der Waals surface area contributed by atoms with E-state index >= 15 is 0 Å². The number of benzene rings is 1. The molecule has 0 fully saturated rings. The molecule has 4 nitrogen and oxygen atoms in total. The van der Waals surface area contributed by atoms with Gasteiger partial charge in [0.25, 0.3) is 0 Å². The number of nitrogens with zero attached hydrogens (tertiary/aromatic N) is 2. The van der Waals surface area contributed by atoms with Gasteiger partial charge in [-0.1, -0.05) is 24.3 Å². The summed E-state index contributed by atoms with van der Waals surface area (Å²) in [5, 5.41) is 0. The molecule has 0 spiro atoms. The van der Waals surface area contributed by atoms with Crippen molar-refractivity contribution in [1.29, 1.82) is 0 Å². The maximum Gasteiger partial charge on any atom is 0.333 e. The van der Waals surface area contributed by atoms with Gasteiger partial charge < -0.3 is 21.7 Å². The summed E-state index contributed by atoms with van der Waals surface area (Å²) in [7, 11) is 0. The fraction of sp³-hybridized carbons (Fsp3) is 0.368. The van der Waals surface area contributed by atoms with Crippen molar-refractivity contribution in [1.82, 2.24) is 4.57 Å². The number of rotatable bonds is 6. The molecule has 24 heavy (non-hydrogen) atoms. The van der Waals surface area contributed by atoms with Gasteiger partial charge in [0.15, 0.2) is 0 Å². The maximum absolute atomic E-state index is 11.3. The zero-order chi connectivity index (χ0) is 17.0. The van der Waals surface area contributed by atoms with E-state index in [1.54, 1.807) is 6.92 Å². The van der Waals surface area contributed by atoms with E-state index < -0.39 is 0 Å². The molecule has 0 amide bonds. The highest BCUT2D eigenvalue weighted by Gasteiger charge is 2.13. The van der Waals surface area contributed by atoms with Gasteiger partial charge >= 0.3 is 5.97 Å². The highest BCUT2D eigenvalue weighted by atomic mass is 79.9. The van der Waals surface area contributed by atoms with Gasteiger partial charge in [-0.25, -0.2) is 13.9 Å². The molecule has 0 aliphatic rings. The molecule has 2 rings (SSSR count). The summed E-state index contributed by atoms with van der Waals surface area (Å²) in [4.78, 5) is 11.3. The fourth-order valence-electron chi connectivity index (χ4n) is 2.77. The Balaban J connectivity index is 0.00000288. The second-order valence-corrected chi connectivity index (χ2v) is 6.08. The maximum atomic E-state index is 11.3. The number of carbonyl (C=O) groups is 1. The lowest BCUT2D eigenvalue weighted by Crippen LogP contribution is -3.00. The van der Waals surface area contributed by atoms with Gasteiger partial charge in [-0.3, -0.25) is 0 Å². The Bertz CT molecular complexity index is 712. The van der Waals surface area contributed by atoms with Crippen LogP contribution in [0.3, 0.4) is 0 Å². The molecule has 1 aromatic carbocycles. The smallest absolute Gasteiger partial charge is 0.333 e. The molecule has 0 aliphatic heterocycles. The van der Waals surface area contributed by atoms with Crippen molar-refractivity contribution in [3.63, 3.8) is 0 Å². The molecular weight excluding hydrogens is 368 g/mol. The largest absolute Gasteiger partial charge is 1.00 e. The van der Waals surface area contributed by atoms with Gasteiger partial charge in [-0.15, -0.1) is 0 Å². The van der Waals surface area contributed by atoms with Crippen LogP contribution in [-0.2, 0) is 16.1 Å². The van der Waals surface area contributed by atoms with Crippen molar-refractivity contribution in [2.75, 3.05) is 6.61 Å². The second kappa shape index (κ2) is 8.83. The van der Waals surface area contributed by atoms with E-state index in [9.17, 15) is 4.79 Å². The van der Waals surface area contributed by atoms with Gasteiger partial charge in [-0.2, -0.15) is 0 Å². The van der Waals surface area contributed by atoms with E-state index in [-0.39, 0.29) is 23.0 Å². The van der Waals surface area contributed by atoms with E-state index in [2.05, 4.69) is 61.1 Å². The second-order valence-electron chi connectivity index (χ2n) is 6.08. The highest BCUT2D eigenvalue weighted by molar-refractivity contribution is 5.86. The summed E-state index contributed by atoms with van der Waals surface area (Å²) in [5.41, 5.74) is 5.47. The van der Waals surface area contributed by atoms with Crippen LogP contribution >= 0.6 is 0 Å². The third-order valence-electron chi connectivity index (χ3n) is 3.73. The van der Waals surface area contributed by atoms with Crippen molar-refractivity contribution in [2.45, 2.75) is 40.7 Å². The minimum atomic E-state index is -0.321. The van der Waals surface area contributed by atoms with Crippen LogP contribution in [-0.4, -0.2) is 17.1 Å². The molecular formula is C19H25BrN2O2. The first-order valence-corrected chi connectivity index (χ1v) is 7.86. The molecule has 0 saturated heterocycles. The molecule has 0 atom stereocenters. The summed E-state index contributed by atoms with van der Waals surface area (Å²) in [6.45, 7) is 12.8. The Morgan fingerprint density at radius 1 is 1.25 bits per heavy atom. The van der Waals surface area contributed by atoms with Gasteiger partial charge in [-0.05, 0) is 38.8 Å². The van der Waals surface area contributed by atoms with Crippen LogP contribution in [0.25, 0.3) is 5.69 Å². The Hall–Kier alpha value is -1.88. The fourth-order valence-corrected chi connectivity index (χ4v) is 2.77.